The Morgan fingerprint density at radius 2 is 1.71 bits per heavy atom. The molecule has 1 aromatic rings. The summed E-state index contributed by atoms with van der Waals surface area (Å²) in [5, 5.41) is 0. The number of halogens is 3. The van der Waals surface area contributed by atoms with E-state index in [1.54, 1.807) is 6.92 Å². The molecule has 0 saturated heterocycles. The largest absolute Gasteiger partial charge is 0.416 e. The molecule has 4 heteroatoms. The second-order valence-electron chi connectivity index (χ2n) is 3.78. The summed E-state index contributed by atoms with van der Waals surface area (Å²) in [5.74, 6) is 0. The van der Waals surface area contributed by atoms with Gasteiger partial charge in [0, 0.05) is 7.11 Å². The first-order valence-corrected chi connectivity index (χ1v) is 5.52. The number of methoxy groups -OCH3 is 1. The average Bonchev–Trinajstić information content (AvgIpc) is 2.21. The molecule has 1 aromatic carbocycles. The van der Waals surface area contributed by atoms with Crippen molar-refractivity contribution in [3.8, 4) is 0 Å². The van der Waals surface area contributed by atoms with Crippen molar-refractivity contribution in [3.05, 3.63) is 34.9 Å². The Balaban J connectivity index is 0.000000770. The van der Waals surface area contributed by atoms with Gasteiger partial charge in [-0.3, -0.25) is 0 Å². The molecule has 0 unspecified atom stereocenters. The lowest BCUT2D eigenvalue weighted by Gasteiger charge is -2.10. The molecule has 1 rings (SSSR count). The third-order valence-electron chi connectivity index (χ3n) is 1.97. The summed E-state index contributed by atoms with van der Waals surface area (Å²) in [6, 6.07) is 3.65. The maximum Gasteiger partial charge on any atom is 0.416 e. The molecule has 0 N–H and O–H groups in total. The Labute approximate surface area is 101 Å². The Morgan fingerprint density at radius 1 is 1.18 bits per heavy atom. The third kappa shape index (κ3) is 5.73. The summed E-state index contributed by atoms with van der Waals surface area (Å²) in [6.07, 6.45) is -3.02. The summed E-state index contributed by atoms with van der Waals surface area (Å²) in [5.41, 5.74) is 0.761. The highest BCUT2D eigenvalue weighted by atomic mass is 19.4. The summed E-state index contributed by atoms with van der Waals surface area (Å²) in [4.78, 5) is 0. The van der Waals surface area contributed by atoms with E-state index in [0.29, 0.717) is 12.2 Å². The lowest BCUT2D eigenvalue weighted by molar-refractivity contribution is -0.137. The predicted octanol–water partition coefficient (Wildman–Crippen LogP) is 4.58. The predicted molar refractivity (Wildman–Crippen MR) is 62.9 cm³/mol. The molecule has 0 spiro atoms. The Hall–Kier alpha value is -1.03. The van der Waals surface area contributed by atoms with E-state index in [-0.39, 0.29) is 0 Å². The van der Waals surface area contributed by atoms with E-state index in [1.807, 2.05) is 0 Å². The van der Waals surface area contributed by atoms with Crippen LogP contribution in [0.25, 0.3) is 0 Å². The van der Waals surface area contributed by atoms with Crippen LogP contribution in [0.1, 0.15) is 37.0 Å². The highest BCUT2D eigenvalue weighted by molar-refractivity contribution is 5.32. The van der Waals surface area contributed by atoms with Gasteiger partial charge in [-0.05, 0) is 30.2 Å². The fourth-order valence-corrected chi connectivity index (χ4v) is 1.19. The Bertz CT molecular complexity index is 332. The lowest BCUT2D eigenvalue weighted by Crippen LogP contribution is -2.06. The second kappa shape index (κ2) is 7.33. The van der Waals surface area contributed by atoms with Crippen LogP contribution in [0.3, 0.4) is 0 Å². The van der Waals surface area contributed by atoms with Gasteiger partial charge in [0.05, 0.1) is 12.2 Å². The van der Waals surface area contributed by atoms with E-state index >= 15 is 0 Å². The number of rotatable bonds is 2. The number of ether oxygens (including phenoxy) is 1. The van der Waals surface area contributed by atoms with Crippen LogP contribution < -0.4 is 0 Å². The van der Waals surface area contributed by atoms with Crippen molar-refractivity contribution >= 4 is 0 Å². The van der Waals surface area contributed by atoms with Crippen LogP contribution >= 0.6 is 0 Å². The molecule has 0 atom stereocenters. The molecule has 0 aliphatic rings. The standard InChI is InChI=1S/C10H11F3O.C3H8/c1-7-5-9(10(11,12)13)4-3-8(7)6-14-2;1-3-2/h3-5H,6H2,1-2H3;3H2,1-2H3. The van der Waals surface area contributed by atoms with Crippen molar-refractivity contribution in [2.45, 2.75) is 40.0 Å². The van der Waals surface area contributed by atoms with Gasteiger partial charge in [0.2, 0.25) is 0 Å². The lowest BCUT2D eigenvalue weighted by atomic mass is 10.1. The fraction of sp³-hybridized carbons (Fsp3) is 0.538. The molecule has 0 aliphatic heterocycles. The highest BCUT2D eigenvalue weighted by Crippen LogP contribution is 2.30. The van der Waals surface area contributed by atoms with Gasteiger partial charge < -0.3 is 4.74 Å². The van der Waals surface area contributed by atoms with Crippen LogP contribution in [-0.4, -0.2) is 7.11 Å². The summed E-state index contributed by atoms with van der Waals surface area (Å²) in [6.45, 7) is 6.23. The second-order valence-corrected chi connectivity index (χ2v) is 3.78. The molecule has 0 aliphatic carbocycles. The first-order chi connectivity index (χ1) is 7.86. The molecule has 1 nitrogen and oxygen atoms in total. The number of hydrogen-bond donors (Lipinski definition) is 0. The van der Waals surface area contributed by atoms with Gasteiger partial charge in [-0.25, -0.2) is 0 Å². The van der Waals surface area contributed by atoms with Gasteiger partial charge in [-0.1, -0.05) is 26.3 Å². The van der Waals surface area contributed by atoms with E-state index < -0.39 is 11.7 Å². The fourth-order valence-electron chi connectivity index (χ4n) is 1.19. The van der Waals surface area contributed by atoms with Crippen LogP contribution in [0.5, 0.6) is 0 Å². The number of alkyl halides is 3. The van der Waals surface area contributed by atoms with Crippen molar-refractivity contribution in [2.24, 2.45) is 0 Å². The SMILES string of the molecule is CCC.COCc1ccc(C(F)(F)F)cc1C. The Kier molecular flexibility index (Phi) is 6.88. The summed E-state index contributed by atoms with van der Waals surface area (Å²) in [7, 11) is 1.51. The molecule has 0 saturated carbocycles. The van der Waals surface area contributed by atoms with Gasteiger partial charge in [0.15, 0.2) is 0 Å². The van der Waals surface area contributed by atoms with Crippen molar-refractivity contribution < 1.29 is 17.9 Å². The zero-order valence-electron chi connectivity index (χ0n) is 10.7. The minimum absolute atomic E-state index is 0.337. The van der Waals surface area contributed by atoms with Crippen molar-refractivity contribution in [1.82, 2.24) is 0 Å². The van der Waals surface area contributed by atoms with Crippen molar-refractivity contribution in [3.63, 3.8) is 0 Å². The van der Waals surface area contributed by atoms with Crippen molar-refractivity contribution in [1.29, 1.82) is 0 Å². The van der Waals surface area contributed by atoms with Gasteiger partial charge in [0.1, 0.15) is 0 Å². The third-order valence-corrected chi connectivity index (χ3v) is 1.97. The van der Waals surface area contributed by atoms with E-state index in [4.69, 9.17) is 4.74 Å². The van der Waals surface area contributed by atoms with Crippen LogP contribution in [0.2, 0.25) is 0 Å². The van der Waals surface area contributed by atoms with Gasteiger partial charge in [0.25, 0.3) is 0 Å². The number of benzene rings is 1. The first-order valence-electron chi connectivity index (χ1n) is 5.52. The Morgan fingerprint density at radius 3 is 2.06 bits per heavy atom. The van der Waals surface area contributed by atoms with Crippen LogP contribution in [0, 0.1) is 6.92 Å². The van der Waals surface area contributed by atoms with E-state index in [0.717, 1.165) is 17.7 Å². The van der Waals surface area contributed by atoms with Gasteiger partial charge in [-0.15, -0.1) is 0 Å². The molecular formula is C13H19F3O. The maximum absolute atomic E-state index is 12.3. The number of hydrogen-bond acceptors (Lipinski definition) is 1. The molecule has 0 heterocycles. The quantitative estimate of drug-likeness (QED) is 0.744. The minimum atomic E-state index is -4.27. The molecule has 98 valence electrons. The molecule has 0 aromatic heterocycles. The van der Waals surface area contributed by atoms with E-state index in [2.05, 4.69) is 13.8 Å². The molecule has 0 fully saturated rings. The molecule has 0 amide bonds. The zero-order chi connectivity index (χ0) is 13.5. The monoisotopic (exact) mass is 248 g/mol. The van der Waals surface area contributed by atoms with Crippen LogP contribution in [0.4, 0.5) is 13.2 Å². The van der Waals surface area contributed by atoms with Crippen LogP contribution in [-0.2, 0) is 17.5 Å². The topological polar surface area (TPSA) is 9.23 Å². The first kappa shape index (κ1) is 16.0. The molecule has 0 radical (unpaired) electrons. The molecule has 0 bridgehead atoms. The highest BCUT2D eigenvalue weighted by Gasteiger charge is 2.30. The van der Waals surface area contributed by atoms with Gasteiger partial charge >= 0.3 is 6.18 Å². The van der Waals surface area contributed by atoms with E-state index in [9.17, 15) is 13.2 Å². The summed E-state index contributed by atoms with van der Waals surface area (Å²) < 4.78 is 41.6. The maximum atomic E-state index is 12.3. The van der Waals surface area contributed by atoms with Gasteiger partial charge in [-0.2, -0.15) is 13.2 Å². The summed E-state index contributed by atoms with van der Waals surface area (Å²) >= 11 is 0. The minimum Gasteiger partial charge on any atom is -0.380 e. The van der Waals surface area contributed by atoms with Crippen molar-refractivity contribution in [2.75, 3.05) is 7.11 Å². The zero-order valence-corrected chi connectivity index (χ0v) is 10.7. The smallest absolute Gasteiger partial charge is 0.380 e. The normalized spacial score (nSPS) is 10.8. The van der Waals surface area contributed by atoms with Crippen LogP contribution in [0.15, 0.2) is 18.2 Å². The molecular weight excluding hydrogens is 229 g/mol. The van der Waals surface area contributed by atoms with E-state index in [1.165, 1.54) is 19.6 Å². The average molecular weight is 248 g/mol. The molecule has 17 heavy (non-hydrogen) atoms. The number of aryl methyl sites for hydroxylation is 1.